The van der Waals surface area contributed by atoms with Gasteiger partial charge in [-0.2, -0.15) is 0 Å². The molecule has 0 saturated carbocycles. The Labute approximate surface area is 130 Å². The van der Waals surface area contributed by atoms with Gasteiger partial charge < -0.3 is 9.30 Å². The summed E-state index contributed by atoms with van der Waals surface area (Å²) in [6, 6.07) is 15.5. The van der Waals surface area contributed by atoms with E-state index in [9.17, 15) is 4.79 Å². The van der Waals surface area contributed by atoms with Gasteiger partial charge in [-0.3, -0.25) is 4.79 Å². The van der Waals surface area contributed by atoms with Crippen LogP contribution in [0.4, 0.5) is 5.69 Å². The smallest absolute Gasteiger partial charge is 0.278 e. The molecular formula is C18H19N3O. The van der Waals surface area contributed by atoms with E-state index in [1.165, 1.54) is 0 Å². The number of pyridine rings is 1. The summed E-state index contributed by atoms with van der Waals surface area (Å²) >= 11 is 0. The first kappa shape index (κ1) is 14.3. The third-order valence-corrected chi connectivity index (χ3v) is 3.63. The molecule has 0 aliphatic heterocycles. The van der Waals surface area contributed by atoms with E-state index in [4.69, 9.17) is 0 Å². The summed E-state index contributed by atoms with van der Waals surface area (Å²) < 4.78 is 1.87. The number of amides is 1. The van der Waals surface area contributed by atoms with Crippen molar-refractivity contribution in [2.75, 3.05) is 11.4 Å². The van der Waals surface area contributed by atoms with Crippen LogP contribution in [-0.4, -0.2) is 21.8 Å². The number of carbonyl (C=O) groups excluding carboxylic acids is 1. The van der Waals surface area contributed by atoms with Crippen LogP contribution in [0, 0.1) is 0 Å². The fraction of sp³-hybridized carbons (Fsp3) is 0.222. The van der Waals surface area contributed by atoms with Crippen LogP contribution in [0.1, 0.15) is 30.3 Å². The highest BCUT2D eigenvalue weighted by Crippen LogP contribution is 2.18. The third-order valence-electron chi connectivity index (χ3n) is 3.63. The first-order valence-electron chi connectivity index (χ1n) is 7.60. The fourth-order valence-corrected chi connectivity index (χ4v) is 2.45. The number of carbonyl (C=O) groups is 1. The highest BCUT2D eigenvalue weighted by Gasteiger charge is 2.19. The van der Waals surface area contributed by atoms with Gasteiger partial charge in [0, 0.05) is 24.6 Å². The summed E-state index contributed by atoms with van der Waals surface area (Å²) in [5, 5.41) is 0. The summed E-state index contributed by atoms with van der Waals surface area (Å²) in [4.78, 5) is 19.1. The lowest BCUT2D eigenvalue weighted by atomic mass is 10.2. The maximum Gasteiger partial charge on any atom is 0.278 e. The average molecular weight is 293 g/mol. The molecule has 0 aliphatic carbocycles. The van der Waals surface area contributed by atoms with Gasteiger partial charge in [0.05, 0.1) is 0 Å². The maximum absolute atomic E-state index is 12.9. The third kappa shape index (κ3) is 2.86. The molecule has 3 aromatic rings. The maximum atomic E-state index is 12.9. The number of unbranched alkanes of at least 4 members (excludes halogenated alkanes) is 1. The molecule has 0 unspecified atom stereocenters. The zero-order valence-corrected chi connectivity index (χ0v) is 12.6. The predicted octanol–water partition coefficient (Wildman–Crippen LogP) is 3.78. The molecule has 2 heterocycles. The Bertz CT molecular complexity index is 731. The van der Waals surface area contributed by atoms with Crippen LogP contribution in [-0.2, 0) is 0 Å². The minimum absolute atomic E-state index is 0.0525. The van der Waals surface area contributed by atoms with Crippen LogP contribution >= 0.6 is 0 Å². The second kappa shape index (κ2) is 6.43. The summed E-state index contributed by atoms with van der Waals surface area (Å²) in [5.74, 6) is -0.0525. The van der Waals surface area contributed by atoms with Crippen LogP contribution in [0.15, 0.2) is 60.9 Å². The highest BCUT2D eigenvalue weighted by atomic mass is 16.2. The van der Waals surface area contributed by atoms with E-state index in [-0.39, 0.29) is 5.91 Å². The van der Waals surface area contributed by atoms with E-state index >= 15 is 0 Å². The van der Waals surface area contributed by atoms with Gasteiger partial charge in [-0.15, -0.1) is 0 Å². The Kier molecular flexibility index (Phi) is 4.19. The Morgan fingerprint density at radius 1 is 1.14 bits per heavy atom. The van der Waals surface area contributed by atoms with Crippen molar-refractivity contribution in [2.45, 2.75) is 19.8 Å². The zero-order chi connectivity index (χ0) is 15.4. The predicted molar refractivity (Wildman–Crippen MR) is 88.2 cm³/mol. The van der Waals surface area contributed by atoms with E-state index in [0.717, 1.165) is 24.2 Å². The number of para-hydroxylation sites is 1. The number of aromatic nitrogens is 2. The molecule has 4 nitrogen and oxygen atoms in total. The number of anilines is 1. The number of imidazole rings is 1. The van der Waals surface area contributed by atoms with Gasteiger partial charge in [-0.1, -0.05) is 37.6 Å². The molecule has 0 bridgehead atoms. The van der Waals surface area contributed by atoms with Crippen molar-refractivity contribution in [1.29, 1.82) is 0 Å². The number of benzene rings is 1. The average Bonchev–Trinajstić information content (AvgIpc) is 3.00. The van der Waals surface area contributed by atoms with Gasteiger partial charge in [-0.25, -0.2) is 4.98 Å². The molecule has 0 atom stereocenters. The van der Waals surface area contributed by atoms with Crippen molar-refractivity contribution < 1.29 is 4.79 Å². The van der Waals surface area contributed by atoms with Crippen LogP contribution in [0.3, 0.4) is 0 Å². The number of nitrogens with zero attached hydrogens (tertiary/aromatic N) is 3. The lowest BCUT2D eigenvalue weighted by molar-refractivity contribution is 0.0982. The quantitative estimate of drug-likeness (QED) is 0.718. The summed E-state index contributed by atoms with van der Waals surface area (Å²) in [7, 11) is 0. The zero-order valence-electron chi connectivity index (χ0n) is 12.6. The van der Waals surface area contributed by atoms with E-state index in [2.05, 4.69) is 11.9 Å². The topological polar surface area (TPSA) is 37.6 Å². The van der Waals surface area contributed by atoms with Crippen LogP contribution < -0.4 is 4.90 Å². The van der Waals surface area contributed by atoms with Crippen LogP contribution in [0.2, 0.25) is 0 Å². The molecule has 0 N–H and O–H groups in total. The van der Waals surface area contributed by atoms with Gasteiger partial charge in [0.1, 0.15) is 11.3 Å². The molecule has 3 rings (SSSR count). The van der Waals surface area contributed by atoms with Crippen molar-refractivity contribution in [3.63, 3.8) is 0 Å². The molecule has 1 amide bonds. The molecule has 0 aliphatic rings. The van der Waals surface area contributed by atoms with Crippen molar-refractivity contribution in [2.24, 2.45) is 0 Å². The fourth-order valence-electron chi connectivity index (χ4n) is 2.45. The Hall–Kier alpha value is -2.62. The Balaban J connectivity index is 1.94. The second-order valence-electron chi connectivity index (χ2n) is 5.24. The van der Waals surface area contributed by atoms with Gasteiger partial charge >= 0.3 is 0 Å². The molecule has 1 aromatic carbocycles. The van der Waals surface area contributed by atoms with Gasteiger partial charge in [0.2, 0.25) is 0 Å². The highest BCUT2D eigenvalue weighted by molar-refractivity contribution is 6.05. The van der Waals surface area contributed by atoms with Crippen molar-refractivity contribution in [1.82, 2.24) is 9.38 Å². The molecule has 0 fully saturated rings. The molecule has 2 aromatic heterocycles. The first-order valence-corrected chi connectivity index (χ1v) is 7.60. The van der Waals surface area contributed by atoms with Crippen molar-refractivity contribution in [3.05, 3.63) is 66.6 Å². The largest absolute Gasteiger partial charge is 0.307 e. The molecule has 0 spiro atoms. The number of rotatable bonds is 5. The second-order valence-corrected chi connectivity index (χ2v) is 5.24. The summed E-state index contributed by atoms with van der Waals surface area (Å²) in [6.07, 6.45) is 5.70. The SMILES string of the molecule is CCCCN(C(=O)c1cn2ccccc2n1)c1ccccc1. The van der Waals surface area contributed by atoms with Crippen LogP contribution in [0.5, 0.6) is 0 Å². The van der Waals surface area contributed by atoms with E-state index in [1.807, 2.05) is 64.0 Å². The van der Waals surface area contributed by atoms with E-state index in [0.29, 0.717) is 12.2 Å². The monoisotopic (exact) mass is 293 g/mol. The van der Waals surface area contributed by atoms with Crippen LogP contribution in [0.25, 0.3) is 5.65 Å². The minimum atomic E-state index is -0.0525. The number of hydrogen-bond donors (Lipinski definition) is 0. The number of fused-ring (bicyclic) bond motifs is 1. The molecule has 0 saturated heterocycles. The van der Waals surface area contributed by atoms with Gasteiger partial charge in [0.15, 0.2) is 0 Å². The Morgan fingerprint density at radius 3 is 2.64 bits per heavy atom. The van der Waals surface area contributed by atoms with Crippen molar-refractivity contribution >= 4 is 17.2 Å². The lowest BCUT2D eigenvalue weighted by Gasteiger charge is -2.21. The first-order chi connectivity index (χ1) is 10.8. The number of hydrogen-bond acceptors (Lipinski definition) is 2. The molecule has 4 heteroatoms. The molecular weight excluding hydrogens is 274 g/mol. The summed E-state index contributed by atoms with van der Waals surface area (Å²) in [5.41, 5.74) is 2.18. The van der Waals surface area contributed by atoms with E-state index in [1.54, 1.807) is 6.20 Å². The summed E-state index contributed by atoms with van der Waals surface area (Å²) in [6.45, 7) is 2.83. The van der Waals surface area contributed by atoms with E-state index < -0.39 is 0 Å². The molecule has 112 valence electrons. The minimum Gasteiger partial charge on any atom is -0.307 e. The lowest BCUT2D eigenvalue weighted by Crippen LogP contribution is -2.32. The molecule has 0 radical (unpaired) electrons. The molecule has 22 heavy (non-hydrogen) atoms. The normalized spacial score (nSPS) is 10.8. The van der Waals surface area contributed by atoms with Gasteiger partial charge in [0.25, 0.3) is 5.91 Å². The van der Waals surface area contributed by atoms with Crippen molar-refractivity contribution in [3.8, 4) is 0 Å². The Morgan fingerprint density at radius 2 is 1.91 bits per heavy atom. The standard InChI is InChI=1S/C18H19N3O/c1-2-3-13-21(15-9-5-4-6-10-15)18(22)16-14-20-12-8-7-11-17(20)19-16/h4-12,14H,2-3,13H2,1H3. The van der Waals surface area contributed by atoms with Gasteiger partial charge in [-0.05, 0) is 30.7 Å².